The zero-order chi connectivity index (χ0) is 29.8. The van der Waals surface area contributed by atoms with E-state index in [1.807, 2.05) is 91.1 Å². The molecule has 1 aliphatic carbocycles. The third kappa shape index (κ3) is 5.67. The molecular formula is C41H28IrN3. The van der Waals surface area contributed by atoms with Crippen LogP contribution < -0.4 is 0 Å². The van der Waals surface area contributed by atoms with Crippen LogP contribution in [0.4, 0.5) is 0 Å². The van der Waals surface area contributed by atoms with Crippen molar-refractivity contribution in [1.82, 2.24) is 15.0 Å². The molecule has 3 aromatic heterocycles. The minimum absolute atomic E-state index is 0. The molecule has 0 unspecified atom stereocenters. The largest absolute Gasteiger partial charge is 3.00 e. The van der Waals surface area contributed by atoms with Crippen LogP contribution in [0.25, 0.3) is 33.6 Å². The Hall–Kier alpha value is -5.02. The molecule has 4 aromatic carbocycles. The third-order valence-corrected chi connectivity index (χ3v) is 7.93. The van der Waals surface area contributed by atoms with Gasteiger partial charge in [-0.05, 0) is 41.2 Å². The summed E-state index contributed by atoms with van der Waals surface area (Å²) in [7, 11) is 0. The number of aryl methyl sites for hydroxylation is 1. The molecule has 216 valence electrons. The van der Waals surface area contributed by atoms with Crippen molar-refractivity contribution in [3.05, 3.63) is 198 Å². The summed E-state index contributed by atoms with van der Waals surface area (Å²) >= 11 is 0. The molecule has 0 amide bonds. The molecule has 0 radical (unpaired) electrons. The predicted octanol–water partition coefficient (Wildman–Crippen LogP) is 8.96. The summed E-state index contributed by atoms with van der Waals surface area (Å²) in [5, 5.41) is 0. The summed E-state index contributed by atoms with van der Waals surface area (Å²) in [6, 6.07) is 57.1. The second-order valence-corrected chi connectivity index (χ2v) is 10.6. The van der Waals surface area contributed by atoms with Crippen molar-refractivity contribution < 1.29 is 20.1 Å². The number of aromatic nitrogens is 3. The van der Waals surface area contributed by atoms with Crippen LogP contribution in [0.15, 0.2) is 152 Å². The standard InChI is InChI=1S/C29H18N2.C12H10N.Ir/c1-2-11-21(12-3-1)26-17-10-19-28(31-26)29(27-18-8-9-20-30-27)24-15-6-4-13-22(24)23-14-5-7-16-25(23)29;1-10-5-7-11(8-6-10)12-4-2-3-9-13-12;/h1-11,13-15,17-20H;2-7,9H,1H3;/q-2;-1;+3/t29-;;/m0../s1. The van der Waals surface area contributed by atoms with Gasteiger partial charge in [0.25, 0.3) is 0 Å². The first kappa shape index (κ1) is 30.0. The van der Waals surface area contributed by atoms with Gasteiger partial charge in [0, 0.05) is 18.1 Å². The predicted molar refractivity (Wildman–Crippen MR) is 176 cm³/mol. The Morgan fingerprint density at radius 2 is 1.24 bits per heavy atom. The summed E-state index contributed by atoms with van der Waals surface area (Å²) in [6.45, 7) is 2.05. The third-order valence-electron chi connectivity index (χ3n) is 7.93. The molecule has 0 saturated carbocycles. The number of pyridine rings is 3. The molecule has 4 heteroatoms. The van der Waals surface area contributed by atoms with Gasteiger partial charge in [-0.3, -0.25) is 9.97 Å². The van der Waals surface area contributed by atoms with Gasteiger partial charge >= 0.3 is 20.1 Å². The Labute approximate surface area is 278 Å². The Balaban J connectivity index is 0.000000215. The van der Waals surface area contributed by atoms with Crippen LogP contribution in [0.2, 0.25) is 0 Å². The van der Waals surface area contributed by atoms with E-state index in [0.717, 1.165) is 39.5 Å². The van der Waals surface area contributed by atoms with E-state index in [-0.39, 0.29) is 20.1 Å². The Kier molecular flexibility index (Phi) is 8.88. The Morgan fingerprint density at radius 3 is 2.00 bits per heavy atom. The molecule has 0 aliphatic heterocycles. The van der Waals surface area contributed by atoms with Gasteiger partial charge in [-0.1, -0.05) is 67.1 Å². The number of fused-ring (bicyclic) bond motifs is 3. The number of nitrogens with zero attached hydrogens (tertiary/aromatic N) is 3. The number of hydrogen-bond acceptors (Lipinski definition) is 3. The molecule has 0 bridgehead atoms. The summed E-state index contributed by atoms with van der Waals surface area (Å²) in [5.41, 5.74) is 11.1. The molecule has 1 atom stereocenters. The molecule has 45 heavy (non-hydrogen) atoms. The Morgan fingerprint density at radius 1 is 0.533 bits per heavy atom. The fraction of sp³-hybridized carbons (Fsp3) is 0.0488. The average Bonchev–Trinajstić information content (AvgIpc) is 3.41. The molecule has 8 rings (SSSR count). The van der Waals surface area contributed by atoms with Gasteiger partial charge in [0.2, 0.25) is 0 Å². The van der Waals surface area contributed by atoms with Gasteiger partial charge < -0.3 is 4.98 Å². The van der Waals surface area contributed by atoms with Crippen molar-refractivity contribution in [2.45, 2.75) is 12.3 Å². The maximum atomic E-state index is 5.18. The molecule has 1 aliphatic rings. The molecule has 3 heterocycles. The normalized spacial score (nSPS) is 14.2. The molecule has 3 nitrogen and oxygen atoms in total. The number of hydrogen-bond donors (Lipinski definition) is 0. The van der Waals surface area contributed by atoms with Crippen LogP contribution in [0.1, 0.15) is 28.1 Å². The van der Waals surface area contributed by atoms with Gasteiger partial charge in [-0.15, -0.1) is 82.4 Å². The molecule has 0 N–H and O–H groups in total. The first-order valence-electron chi connectivity index (χ1n) is 14.6. The van der Waals surface area contributed by atoms with Crippen LogP contribution in [-0.2, 0) is 25.5 Å². The van der Waals surface area contributed by atoms with Crippen molar-refractivity contribution in [3.8, 4) is 33.6 Å². The van der Waals surface area contributed by atoms with E-state index >= 15 is 0 Å². The molecule has 7 aromatic rings. The summed E-state index contributed by atoms with van der Waals surface area (Å²) in [4.78, 5) is 14.3. The zero-order valence-corrected chi connectivity index (χ0v) is 27.0. The van der Waals surface area contributed by atoms with E-state index in [0.29, 0.717) is 0 Å². The van der Waals surface area contributed by atoms with Gasteiger partial charge in [0.1, 0.15) is 0 Å². The summed E-state index contributed by atoms with van der Waals surface area (Å²) < 4.78 is 0. The SMILES string of the molecule is Cc1c[c-]c(-c2ccccn2)cc1.[Ir+3].[c-]1ccccc1-c1cccc([C@]2(c3ccccn3)c3[c-]cccc3-c3ccccc32)n1. The number of rotatable bonds is 4. The van der Waals surface area contributed by atoms with Crippen molar-refractivity contribution in [2.75, 3.05) is 0 Å². The fourth-order valence-corrected chi connectivity index (χ4v) is 5.93. The fourth-order valence-electron chi connectivity index (χ4n) is 5.93. The minimum atomic E-state index is -0.626. The first-order valence-corrected chi connectivity index (χ1v) is 14.6. The van der Waals surface area contributed by atoms with Gasteiger partial charge in [-0.25, -0.2) is 0 Å². The average molecular weight is 755 g/mol. The van der Waals surface area contributed by atoms with Crippen LogP contribution in [-0.4, -0.2) is 15.0 Å². The van der Waals surface area contributed by atoms with Gasteiger partial charge in [0.15, 0.2) is 0 Å². The van der Waals surface area contributed by atoms with Crippen LogP contribution in [0.3, 0.4) is 0 Å². The number of benzene rings is 4. The van der Waals surface area contributed by atoms with E-state index in [4.69, 9.17) is 9.97 Å². The van der Waals surface area contributed by atoms with Crippen molar-refractivity contribution >= 4 is 0 Å². The van der Waals surface area contributed by atoms with E-state index in [9.17, 15) is 0 Å². The summed E-state index contributed by atoms with van der Waals surface area (Å²) in [6.07, 6.45) is 3.65. The van der Waals surface area contributed by atoms with Gasteiger partial charge in [-0.2, -0.15) is 24.3 Å². The van der Waals surface area contributed by atoms with Crippen LogP contribution in [0.5, 0.6) is 0 Å². The van der Waals surface area contributed by atoms with Crippen LogP contribution in [0, 0.1) is 25.1 Å². The van der Waals surface area contributed by atoms with Crippen LogP contribution >= 0.6 is 0 Å². The van der Waals surface area contributed by atoms with Gasteiger partial charge in [0.05, 0.1) is 11.1 Å². The van der Waals surface area contributed by atoms with Crippen molar-refractivity contribution in [1.29, 1.82) is 0 Å². The topological polar surface area (TPSA) is 38.7 Å². The van der Waals surface area contributed by atoms with E-state index < -0.39 is 5.41 Å². The molecule has 0 fully saturated rings. The van der Waals surface area contributed by atoms with E-state index in [2.05, 4.69) is 84.7 Å². The van der Waals surface area contributed by atoms with Crippen molar-refractivity contribution in [2.24, 2.45) is 0 Å². The molecule has 0 saturated heterocycles. The smallest absolute Gasteiger partial charge is 0.305 e. The molecule has 0 spiro atoms. The zero-order valence-electron chi connectivity index (χ0n) is 24.6. The quantitative estimate of drug-likeness (QED) is 0.169. The van der Waals surface area contributed by atoms with E-state index in [1.54, 1.807) is 6.20 Å². The summed E-state index contributed by atoms with van der Waals surface area (Å²) in [5.74, 6) is 0. The molecular weight excluding hydrogens is 727 g/mol. The monoisotopic (exact) mass is 755 g/mol. The maximum Gasteiger partial charge on any atom is 3.00 e. The Bertz CT molecular complexity index is 1960. The second-order valence-electron chi connectivity index (χ2n) is 10.6. The minimum Gasteiger partial charge on any atom is -0.305 e. The maximum absolute atomic E-state index is 5.18. The van der Waals surface area contributed by atoms with E-state index in [1.165, 1.54) is 22.3 Å². The second kappa shape index (κ2) is 13.3. The first-order chi connectivity index (χ1) is 21.7. The van der Waals surface area contributed by atoms with Crippen molar-refractivity contribution in [3.63, 3.8) is 0 Å².